The van der Waals surface area contributed by atoms with Gasteiger partial charge in [-0.3, -0.25) is 9.05 Å². The van der Waals surface area contributed by atoms with Crippen LogP contribution in [0.3, 0.4) is 0 Å². The van der Waals surface area contributed by atoms with Gasteiger partial charge in [0.15, 0.2) is 0 Å². The molecule has 0 spiro atoms. The molecule has 0 radical (unpaired) electrons. The SMILES string of the molecule is BB[C@@H]1O[C@H](COP(=O)(S)OC2[C@@H](COC)O[C@@H](B)[C@H]2C)C(OC)[C@@H]1C. The summed E-state index contributed by atoms with van der Waals surface area (Å²) in [4.78, 5) is 0. The summed E-state index contributed by atoms with van der Waals surface area (Å²) in [6.07, 6.45) is -1.11. The summed E-state index contributed by atoms with van der Waals surface area (Å²) in [6.45, 7) is 0.969. The standard InChI is InChI=1S/C14H30B3O7PS/c1-7-12(9(5-19-3)22-13(7)15)24-25(18,26)21-6-10-11(20-4)8(2)14(17-16)23-10/h7-14,17H,5-6,15-16H2,1-4H3,(H,18,26)/t7-,8-,9+,10+,11?,12?,13+,14+,25?/m0/s1. The van der Waals surface area contributed by atoms with Crippen molar-refractivity contribution in [3.8, 4) is 0 Å². The van der Waals surface area contributed by atoms with Gasteiger partial charge in [0, 0.05) is 38.1 Å². The van der Waals surface area contributed by atoms with Crippen LogP contribution in [-0.4, -0.2) is 86.6 Å². The minimum Gasteiger partial charge on any atom is -0.382 e. The van der Waals surface area contributed by atoms with Crippen LogP contribution in [0, 0.1) is 11.8 Å². The van der Waals surface area contributed by atoms with E-state index in [1.807, 2.05) is 14.8 Å². The topological polar surface area (TPSA) is 72.5 Å². The zero-order valence-corrected chi connectivity index (χ0v) is 18.3. The highest BCUT2D eigenvalue weighted by molar-refractivity contribution is 8.44. The van der Waals surface area contributed by atoms with E-state index >= 15 is 0 Å². The van der Waals surface area contributed by atoms with Crippen molar-refractivity contribution in [2.75, 3.05) is 27.4 Å². The molecule has 2 rings (SSSR count). The van der Waals surface area contributed by atoms with E-state index in [9.17, 15) is 4.57 Å². The second-order valence-corrected chi connectivity index (χ2v) is 10.1. The molecule has 0 bridgehead atoms. The molecule has 0 N–H and O–H groups in total. The van der Waals surface area contributed by atoms with Crippen molar-refractivity contribution in [1.82, 2.24) is 0 Å². The molecule has 9 atom stereocenters. The molecule has 148 valence electrons. The monoisotopic (exact) mass is 406 g/mol. The molecule has 2 aliphatic rings. The van der Waals surface area contributed by atoms with Crippen molar-refractivity contribution in [3.63, 3.8) is 0 Å². The number of methoxy groups -OCH3 is 2. The fraction of sp³-hybridized carbons (Fsp3) is 1.00. The van der Waals surface area contributed by atoms with Gasteiger partial charge in [-0.25, -0.2) is 4.57 Å². The molecule has 2 heterocycles. The summed E-state index contributed by atoms with van der Waals surface area (Å²) < 4.78 is 46.6. The summed E-state index contributed by atoms with van der Waals surface area (Å²) in [7, 11) is 8.17. The Kier molecular flexibility index (Phi) is 8.63. The normalized spacial score (nSPS) is 42.7. The summed E-state index contributed by atoms with van der Waals surface area (Å²) in [5.74, 6) is 0.298. The molecule has 0 aromatic rings. The predicted molar refractivity (Wildman–Crippen MR) is 110 cm³/mol. The second-order valence-electron chi connectivity index (χ2n) is 7.21. The first-order valence-corrected chi connectivity index (χ1v) is 11.9. The van der Waals surface area contributed by atoms with Crippen LogP contribution >= 0.6 is 19.0 Å². The lowest BCUT2D eigenvalue weighted by Crippen LogP contribution is -2.33. The Balaban J connectivity index is 1.95. The minimum absolute atomic E-state index is 0.0179. The fourth-order valence-corrected chi connectivity index (χ4v) is 5.40. The van der Waals surface area contributed by atoms with Gasteiger partial charge in [0.25, 0.3) is 0 Å². The van der Waals surface area contributed by atoms with Crippen LogP contribution in [0.2, 0.25) is 0 Å². The number of ether oxygens (including phenoxy) is 4. The van der Waals surface area contributed by atoms with Crippen LogP contribution in [0.4, 0.5) is 0 Å². The highest BCUT2D eigenvalue weighted by Gasteiger charge is 2.45. The van der Waals surface area contributed by atoms with Gasteiger partial charge in [0.05, 0.1) is 27.1 Å². The molecule has 12 heteroatoms. The van der Waals surface area contributed by atoms with Gasteiger partial charge in [-0.2, -0.15) is 0 Å². The maximum atomic E-state index is 12.8. The van der Waals surface area contributed by atoms with Gasteiger partial charge in [-0.05, 0) is 0 Å². The Morgan fingerprint density at radius 1 is 1.12 bits per heavy atom. The Hall–Kier alpha value is 0.535. The Bertz CT molecular complexity index is 505. The molecule has 0 amide bonds. The highest BCUT2D eigenvalue weighted by atomic mass is 32.7. The molecule has 2 fully saturated rings. The number of rotatable bonds is 9. The third-order valence-electron chi connectivity index (χ3n) is 5.50. The first-order chi connectivity index (χ1) is 12.2. The maximum absolute atomic E-state index is 12.8. The molecule has 0 aliphatic carbocycles. The smallest absolute Gasteiger partial charge is 0.382 e. The van der Waals surface area contributed by atoms with E-state index in [0.29, 0.717) is 6.61 Å². The summed E-state index contributed by atoms with van der Waals surface area (Å²) in [5, 5.41) is 0. The second kappa shape index (κ2) is 9.83. The first-order valence-electron chi connectivity index (χ1n) is 9.22. The largest absolute Gasteiger partial charge is 0.386 e. The van der Waals surface area contributed by atoms with E-state index in [1.165, 1.54) is 0 Å². The average molecular weight is 406 g/mol. The molecule has 7 nitrogen and oxygen atoms in total. The van der Waals surface area contributed by atoms with E-state index in [0.717, 1.165) is 7.17 Å². The molecular formula is C14H30B3O7PS. The number of thiol groups is 1. The first kappa shape index (κ1) is 22.8. The van der Waals surface area contributed by atoms with Gasteiger partial charge in [0.1, 0.15) is 33.3 Å². The highest BCUT2D eigenvalue weighted by Crippen LogP contribution is 2.56. The predicted octanol–water partition coefficient (Wildman–Crippen LogP) is -0.573. The number of hydrogen-bond donors (Lipinski definition) is 1. The third-order valence-corrected chi connectivity index (χ3v) is 7.11. The van der Waals surface area contributed by atoms with Crippen molar-refractivity contribution >= 4 is 41.8 Å². The van der Waals surface area contributed by atoms with Gasteiger partial charge < -0.3 is 18.9 Å². The quantitative estimate of drug-likeness (QED) is 0.313. The van der Waals surface area contributed by atoms with Crippen molar-refractivity contribution in [2.24, 2.45) is 11.8 Å². The van der Waals surface area contributed by atoms with Crippen LogP contribution in [-0.2, 0) is 32.6 Å². The minimum atomic E-state index is -3.58. The summed E-state index contributed by atoms with van der Waals surface area (Å²) >= 11 is 4.16. The van der Waals surface area contributed by atoms with E-state index in [4.69, 9.17) is 28.0 Å². The zero-order valence-electron chi connectivity index (χ0n) is 16.5. The van der Waals surface area contributed by atoms with Crippen LogP contribution in [0.5, 0.6) is 0 Å². The van der Waals surface area contributed by atoms with Gasteiger partial charge in [-0.1, -0.05) is 26.1 Å². The van der Waals surface area contributed by atoms with E-state index in [-0.39, 0.29) is 48.8 Å². The molecule has 2 aliphatic heterocycles. The molecule has 0 aromatic carbocycles. The lowest BCUT2D eigenvalue weighted by Gasteiger charge is -2.26. The lowest BCUT2D eigenvalue weighted by atomic mass is 9.49. The van der Waals surface area contributed by atoms with Crippen molar-refractivity contribution < 1.29 is 32.6 Å². The van der Waals surface area contributed by atoms with Gasteiger partial charge >= 0.3 is 6.80 Å². The van der Waals surface area contributed by atoms with E-state index < -0.39 is 12.9 Å². The van der Waals surface area contributed by atoms with Crippen molar-refractivity contribution in [1.29, 1.82) is 0 Å². The summed E-state index contributed by atoms with van der Waals surface area (Å²) in [6, 6.07) is 0.0830. The zero-order chi connectivity index (χ0) is 19.5. The van der Waals surface area contributed by atoms with Crippen molar-refractivity contribution in [3.05, 3.63) is 0 Å². The maximum Gasteiger partial charge on any atom is 0.386 e. The van der Waals surface area contributed by atoms with Crippen LogP contribution in [0.15, 0.2) is 0 Å². The van der Waals surface area contributed by atoms with Crippen LogP contribution in [0.1, 0.15) is 13.8 Å². The third kappa shape index (κ3) is 5.32. The molecule has 0 aromatic heterocycles. The molecule has 0 saturated carbocycles. The summed E-state index contributed by atoms with van der Waals surface area (Å²) in [5.41, 5.74) is 0. The number of hydrogen-bond acceptors (Lipinski definition) is 7. The Morgan fingerprint density at radius 3 is 2.35 bits per heavy atom. The molecule has 26 heavy (non-hydrogen) atoms. The van der Waals surface area contributed by atoms with Crippen LogP contribution < -0.4 is 0 Å². The van der Waals surface area contributed by atoms with Crippen molar-refractivity contribution in [2.45, 2.75) is 50.3 Å². The lowest BCUT2D eigenvalue weighted by molar-refractivity contribution is -0.0289. The molecular weight excluding hydrogens is 376 g/mol. The Morgan fingerprint density at radius 2 is 1.77 bits per heavy atom. The van der Waals surface area contributed by atoms with E-state index in [2.05, 4.69) is 26.9 Å². The average Bonchev–Trinajstić information content (AvgIpc) is 3.04. The molecule has 2 saturated heterocycles. The van der Waals surface area contributed by atoms with Gasteiger partial charge in [0.2, 0.25) is 0 Å². The Labute approximate surface area is 164 Å². The molecule has 3 unspecified atom stereocenters. The van der Waals surface area contributed by atoms with Crippen LogP contribution in [0.25, 0.3) is 0 Å². The van der Waals surface area contributed by atoms with Gasteiger partial charge in [-0.15, -0.1) is 0 Å². The van der Waals surface area contributed by atoms with E-state index in [1.54, 1.807) is 14.2 Å². The fourth-order valence-electron chi connectivity index (χ4n) is 3.84.